The summed E-state index contributed by atoms with van der Waals surface area (Å²) in [5, 5.41) is 4.07. The van der Waals surface area contributed by atoms with Crippen molar-refractivity contribution in [1.82, 2.24) is 10.2 Å². The number of nitrogens with zero attached hydrogens (tertiary/aromatic N) is 1. The predicted molar refractivity (Wildman–Crippen MR) is 93.1 cm³/mol. The molecule has 2 fully saturated rings. The van der Waals surface area contributed by atoms with Gasteiger partial charge in [0, 0.05) is 29.2 Å². The lowest BCUT2D eigenvalue weighted by Crippen LogP contribution is -2.47. The second-order valence-electron chi connectivity index (χ2n) is 6.21. The van der Waals surface area contributed by atoms with E-state index in [9.17, 15) is 4.79 Å². The summed E-state index contributed by atoms with van der Waals surface area (Å²) in [4.78, 5) is 15.3. The van der Waals surface area contributed by atoms with E-state index in [1.54, 1.807) is 0 Å². The summed E-state index contributed by atoms with van der Waals surface area (Å²) in [7, 11) is 0. The molecule has 1 aromatic carbocycles. The van der Waals surface area contributed by atoms with Crippen LogP contribution in [0.25, 0.3) is 0 Å². The molecule has 1 saturated heterocycles. The van der Waals surface area contributed by atoms with Crippen molar-refractivity contribution >= 4 is 29.9 Å². The van der Waals surface area contributed by atoms with Crippen molar-refractivity contribution in [2.45, 2.75) is 51.1 Å². The molecule has 0 spiro atoms. The summed E-state index contributed by atoms with van der Waals surface area (Å²) in [6.45, 7) is 3.87. The Bertz CT molecular complexity index is 507. The highest BCUT2D eigenvalue weighted by atomic mass is 35.5. The molecule has 1 amide bonds. The van der Waals surface area contributed by atoms with Gasteiger partial charge in [-0.15, -0.1) is 12.4 Å². The molecule has 1 aliphatic heterocycles. The van der Waals surface area contributed by atoms with E-state index in [0.717, 1.165) is 43.5 Å². The van der Waals surface area contributed by atoms with Crippen LogP contribution in [0.4, 0.5) is 0 Å². The summed E-state index contributed by atoms with van der Waals surface area (Å²) in [6.07, 6.45) is 5.82. The normalized spacial score (nSPS) is 21.6. The predicted octanol–water partition coefficient (Wildman–Crippen LogP) is 3.82. The van der Waals surface area contributed by atoms with E-state index >= 15 is 0 Å². The molecule has 2 aliphatic rings. The summed E-state index contributed by atoms with van der Waals surface area (Å²) >= 11 is 6.20. The quantitative estimate of drug-likeness (QED) is 0.905. The van der Waals surface area contributed by atoms with E-state index in [0.29, 0.717) is 17.1 Å². The number of halogens is 2. The van der Waals surface area contributed by atoms with Crippen LogP contribution in [0.5, 0.6) is 0 Å². The van der Waals surface area contributed by atoms with Gasteiger partial charge in [-0.2, -0.15) is 0 Å². The van der Waals surface area contributed by atoms with Gasteiger partial charge in [-0.1, -0.05) is 30.5 Å². The second-order valence-corrected chi connectivity index (χ2v) is 6.62. The number of benzene rings is 1. The van der Waals surface area contributed by atoms with Gasteiger partial charge in [0.25, 0.3) is 5.91 Å². The second kappa shape index (κ2) is 7.67. The summed E-state index contributed by atoms with van der Waals surface area (Å²) in [6, 6.07) is 6.38. The van der Waals surface area contributed by atoms with E-state index < -0.39 is 0 Å². The van der Waals surface area contributed by atoms with Crippen molar-refractivity contribution in [1.29, 1.82) is 0 Å². The molecule has 1 aromatic rings. The van der Waals surface area contributed by atoms with Crippen LogP contribution in [-0.4, -0.2) is 36.0 Å². The van der Waals surface area contributed by atoms with E-state index in [-0.39, 0.29) is 18.3 Å². The first-order valence-electron chi connectivity index (χ1n) is 7.97. The van der Waals surface area contributed by atoms with Crippen molar-refractivity contribution in [3.05, 3.63) is 34.3 Å². The number of amides is 1. The molecule has 1 heterocycles. The molecular formula is C17H24Cl2N2O. The number of carbonyl (C=O) groups excluding carboxylic acids is 1. The van der Waals surface area contributed by atoms with Crippen LogP contribution < -0.4 is 5.32 Å². The Morgan fingerprint density at radius 1 is 1.23 bits per heavy atom. The Balaban J connectivity index is 0.00000176. The lowest BCUT2D eigenvalue weighted by Gasteiger charge is -2.34. The minimum Gasteiger partial charge on any atom is -0.331 e. The molecule has 122 valence electrons. The molecule has 1 saturated carbocycles. The minimum atomic E-state index is 0. The van der Waals surface area contributed by atoms with Gasteiger partial charge in [0.2, 0.25) is 0 Å². The number of nitrogens with one attached hydrogen (secondary N) is 1. The molecule has 1 atom stereocenters. The SMILES string of the molecule is Cc1c(Cl)cccc1C(=O)N(C1CCCC1)[C@H]1CCNC1.Cl. The third-order valence-electron chi connectivity index (χ3n) is 4.88. The average Bonchev–Trinajstić information content (AvgIpc) is 3.16. The van der Waals surface area contributed by atoms with Gasteiger partial charge in [0.05, 0.1) is 0 Å². The Hall–Kier alpha value is -0.770. The van der Waals surface area contributed by atoms with Gasteiger partial charge in [0.15, 0.2) is 0 Å². The first kappa shape index (κ1) is 17.6. The zero-order chi connectivity index (χ0) is 14.8. The maximum Gasteiger partial charge on any atom is 0.254 e. The van der Waals surface area contributed by atoms with Gasteiger partial charge >= 0.3 is 0 Å². The van der Waals surface area contributed by atoms with Crippen molar-refractivity contribution < 1.29 is 4.79 Å². The molecule has 5 heteroatoms. The van der Waals surface area contributed by atoms with E-state index in [4.69, 9.17) is 11.6 Å². The maximum atomic E-state index is 13.1. The molecular weight excluding hydrogens is 319 g/mol. The lowest BCUT2D eigenvalue weighted by atomic mass is 10.0. The van der Waals surface area contributed by atoms with Crippen molar-refractivity contribution in [2.75, 3.05) is 13.1 Å². The monoisotopic (exact) mass is 342 g/mol. The first-order valence-corrected chi connectivity index (χ1v) is 8.35. The van der Waals surface area contributed by atoms with Crippen molar-refractivity contribution in [3.8, 4) is 0 Å². The topological polar surface area (TPSA) is 32.3 Å². The van der Waals surface area contributed by atoms with Crippen LogP contribution in [0.15, 0.2) is 18.2 Å². The number of hydrogen-bond acceptors (Lipinski definition) is 2. The van der Waals surface area contributed by atoms with Gasteiger partial charge in [-0.05, 0) is 50.4 Å². The zero-order valence-electron chi connectivity index (χ0n) is 13.0. The molecule has 0 aromatic heterocycles. The summed E-state index contributed by atoms with van der Waals surface area (Å²) < 4.78 is 0. The highest BCUT2D eigenvalue weighted by molar-refractivity contribution is 6.31. The highest BCUT2D eigenvalue weighted by Gasteiger charge is 2.35. The highest BCUT2D eigenvalue weighted by Crippen LogP contribution is 2.30. The Morgan fingerprint density at radius 3 is 2.59 bits per heavy atom. The zero-order valence-corrected chi connectivity index (χ0v) is 14.6. The van der Waals surface area contributed by atoms with Crippen LogP contribution in [0.2, 0.25) is 5.02 Å². The van der Waals surface area contributed by atoms with Gasteiger partial charge in [0.1, 0.15) is 0 Å². The molecule has 3 rings (SSSR count). The molecule has 0 bridgehead atoms. The average molecular weight is 343 g/mol. The molecule has 0 unspecified atom stereocenters. The molecule has 0 radical (unpaired) electrons. The number of carbonyl (C=O) groups is 1. The van der Waals surface area contributed by atoms with Gasteiger partial charge in [-0.25, -0.2) is 0 Å². The minimum absolute atomic E-state index is 0. The number of rotatable bonds is 3. The summed E-state index contributed by atoms with van der Waals surface area (Å²) in [5.74, 6) is 0.163. The van der Waals surface area contributed by atoms with E-state index in [1.165, 1.54) is 12.8 Å². The first-order chi connectivity index (χ1) is 10.2. The van der Waals surface area contributed by atoms with Crippen LogP contribution in [0, 0.1) is 6.92 Å². The standard InChI is InChI=1S/C17H23ClN2O.ClH/c1-12-15(7-4-8-16(12)18)17(21)20(13-5-2-3-6-13)14-9-10-19-11-14;/h4,7-8,13-14,19H,2-3,5-6,9-11H2,1H3;1H/t14-;/m0./s1. The number of hydrogen-bond donors (Lipinski definition) is 1. The summed E-state index contributed by atoms with van der Waals surface area (Å²) in [5.41, 5.74) is 1.67. The fourth-order valence-electron chi connectivity index (χ4n) is 3.67. The Morgan fingerprint density at radius 2 is 1.95 bits per heavy atom. The third-order valence-corrected chi connectivity index (χ3v) is 5.29. The van der Waals surface area contributed by atoms with Crippen LogP contribution >= 0.6 is 24.0 Å². The van der Waals surface area contributed by atoms with E-state index in [1.807, 2.05) is 25.1 Å². The van der Waals surface area contributed by atoms with Gasteiger partial charge < -0.3 is 10.2 Å². The van der Waals surface area contributed by atoms with Gasteiger partial charge in [-0.3, -0.25) is 4.79 Å². The lowest BCUT2D eigenvalue weighted by molar-refractivity contribution is 0.0594. The third kappa shape index (κ3) is 3.42. The van der Waals surface area contributed by atoms with E-state index in [2.05, 4.69) is 10.2 Å². The molecule has 1 aliphatic carbocycles. The Kier molecular flexibility index (Phi) is 6.13. The fraction of sp³-hybridized carbons (Fsp3) is 0.588. The smallest absolute Gasteiger partial charge is 0.254 e. The van der Waals surface area contributed by atoms with Crippen molar-refractivity contribution in [2.24, 2.45) is 0 Å². The van der Waals surface area contributed by atoms with Crippen LogP contribution in [-0.2, 0) is 0 Å². The molecule has 3 nitrogen and oxygen atoms in total. The van der Waals surface area contributed by atoms with Crippen LogP contribution in [0.3, 0.4) is 0 Å². The largest absolute Gasteiger partial charge is 0.331 e. The maximum absolute atomic E-state index is 13.1. The molecule has 1 N–H and O–H groups in total. The van der Waals surface area contributed by atoms with Crippen LogP contribution in [0.1, 0.15) is 48.0 Å². The molecule has 22 heavy (non-hydrogen) atoms. The van der Waals surface area contributed by atoms with Crippen molar-refractivity contribution in [3.63, 3.8) is 0 Å². The fourth-order valence-corrected chi connectivity index (χ4v) is 3.84. The Labute approximate surface area is 143 Å².